The molecule has 0 amide bonds. The number of carbonyl (C=O) groups is 1. The monoisotopic (exact) mass is 398 g/mol. The Hall–Kier alpha value is -1.84. The second-order valence-electron chi connectivity index (χ2n) is 4.89. The van der Waals surface area contributed by atoms with Crippen LogP contribution in [0.1, 0.15) is 11.1 Å². The molecule has 2 unspecified atom stereocenters. The Balaban J connectivity index is 1.83. The van der Waals surface area contributed by atoms with E-state index in [2.05, 4.69) is 21.2 Å². The summed E-state index contributed by atoms with van der Waals surface area (Å²) in [7, 11) is 0. The fourth-order valence-electron chi connectivity index (χ4n) is 2.23. The van der Waals surface area contributed by atoms with Gasteiger partial charge >= 0.3 is 5.97 Å². The predicted molar refractivity (Wildman–Crippen MR) is 88.3 cm³/mol. The van der Waals surface area contributed by atoms with Gasteiger partial charge in [-0.25, -0.2) is 0 Å². The summed E-state index contributed by atoms with van der Waals surface area (Å²) in [5.41, 5.74) is 0.685. The van der Waals surface area contributed by atoms with Gasteiger partial charge in [0.05, 0.1) is 4.92 Å². The molecular formula is C14H11BrN2O5S. The lowest BCUT2D eigenvalue weighted by molar-refractivity contribution is -0.384. The van der Waals surface area contributed by atoms with Crippen LogP contribution in [0.25, 0.3) is 11.3 Å². The molecule has 1 fully saturated rings. The first-order valence-corrected chi connectivity index (χ1v) is 8.44. The number of nitro benzene ring substituents is 1. The van der Waals surface area contributed by atoms with E-state index in [1.54, 1.807) is 18.2 Å². The van der Waals surface area contributed by atoms with E-state index in [-0.39, 0.29) is 11.1 Å². The molecule has 2 atom stereocenters. The topological polar surface area (TPSA) is 106 Å². The summed E-state index contributed by atoms with van der Waals surface area (Å²) < 4.78 is 6.35. The molecule has 9 heteroatoms. The van der Waals surface area contributed by atoms with Crippen LogP contribution >= 0.6 is 27.7 Å². The van der Waals surface area contributed by atoms with Gasteiger partial charge in [-0.1, -0.05) is 0 Å². The van der Waals surface area contributed by atoms with Gasteiger partial charge in [0.1, 0.15) is 22.9 Å². The summed E-state index contributed by atoms with van der Waals surface area (Å²) in [5.74, 6) is 0.768. The highest BCUT2D eigenvalue weighted by molar-refractivity contribution is 9.10. The number of halogens is 1. The number of nitrogens with one attached hydrogen (secondary N) is 1. The van der Waals surface area contributed by atoms with Crippen molar-refractivity contribution in [2.45, 2.75) is 11.4 Å². The largest absolute Gasteiger partial charge is 0.480 e. The molecule has 1 saturated heterocycles. The third kappa shape index (κ3) is 3.26. The van der Waals surface area contributed by atoms with Crippen LogP contribution in [-0.4, -0.2) is 27.8 Å². The Morgan fingerprint density at radius 1 is 1.43 bits per heavy atom. The molecule has 23 heavy (non-hydrogen) atoms. The van der Waals surface area contributed by atoms with Gasteiger partial charge in [-0.2, -0.15) is 0 Å². The third-order valence-corrected chi connectivity index (χ3v) is 5.28. The molecule has 1 aliphatic rings. The number of carboxylic acid groups (broad SMARTS) is 1. The predicted octanol–water partition coefficient (Wildman–Crippen LogP) is 3.41. The van der Waals surface area contributed by atoms with E-state index < -0.39 is 16.9 Å². The van der Waals surface area contributed by atoms with Crippen LogP contribution in [0.5, 0.6) is 0 Å². The van der Waals surface area contributed by atoms with E-state index in [4.69, 9.17) is 9.52 Å². The van der Waals surface area contributed by atoms with Crippen molar-refractivity contribution in [3.8, 4) is 11.3 Å². The molecular weight excluding hydrogens is 388 g/mol. The minimum absolute atomic E-state index is 0.00952. The van der Waals surface area contributed by atoms with Gasteiger partial charge in [0, 0.05) is 27.9 Å². The fraction of sp³-hybridized carbons (Fsp3) is 0.214. The maximum atomic E-state index is 11.0. The fourth-order valence-corrected chi connectivity index (χ4v) is 3.97. The highest BCUT2D eigenvalue weighted by Gasteiger charge is 2.32. The lowest BCUT2D eigenvalue weighted by Crippen LogP contribution is -2.33. The molecule has 0 radical (unpaired) electrons. The van der Waals surface area contributed by atoms with E-state index in [9.17, 15) is 14.9 Å². The summed E-state index contributed by atoms with van der Waals surface area (Å²) in [6.45, 7) is 0. The lowest BCUT2D eigenvalue weighted by atomic mass is 10.1. The van der Waals surface area contributed by atoms with Crippen LogP contribution < -0.4 is 5.32 Å². The van der Waals surface area contributed by atoms with Gasteiger partial charge in [0.2, 0.25) is 0 Å². The Kier molecular flexibility index (Phi) is 4.42. The zero-order chi connectivity index (χ0) is 16.6. The Bertz CT molecular complexity index is 778. The molecule has 3 rings (SSSR count). The maximum Gasteiger partial charge on any atom is 0.321 e. The zero-order valence-electron chi connectivity index (χ0n) is 11.6. The van der Waals surface area contributed by atoms with Crippen molar-refractivity contribution in [1.82, 2.24) is 5.32 Å². The first-order chi connectivity index (χ1) is 11.0. The minimum Gasteiger partial charge on any atom is -0.480 e. The normalized spacial score (nSPS) is 20.6. The van der Waals surface area contributed by atoms with Crippen molar-refractivity contribution < 1.29 is 19.2 Å². The molecule has 2 N–H and O–H groups in total. The summed E-state index contributed by atoms with van der Waals surface area (Å²) in [5, 5.41) is 22.5. The molecule has 0 spiro atoms. The number of thioether (sulfide) groups is 1. The summed E-state index contributed by atoms with van der Waals surface area (Å²) in [6, 6.07) is 7.38. The molecule has 7 nitrogen and oxygen atoms in total. The molecule has 2 heterocycles. The van der Waals surface area contributed by atoms with Crippen molar-refractivity contribution in [3.63, 3.8) is 0 Å². The average molecular weight is 399 g/mol. The van der Waals surface area contributed by atoms with Crippen LogP contribution in [0, 0.1) is 10.1 Å². The van der Waals surface area contributed by atoms with Crippen molar-refractivity contribution in [1.29, 1.82) is 0 Å². The van der Waals surface area contributed by atoms with E-state index >= 15 is 0 Å². The number of hydrogen-bond acceptors (Lipinski definition) is 6. The SMILES string of the molecule is O=C(O)C1CSC(c2ccc(-c3ccc([N+](=O)[O-])cc3Br)o2)N1. The first-order valence-electron chi connectivity index (χ1n) is 6.60. The second kappa shape index (κ2) is 6.34. The van der Waals surface area contributed by atoms with E-state index in [1.165, 1.54) is 23.9 Å². The molecule has 1 aromatic heterocycles. The number of rotatable bonds is 4. The van der Waals surface area contributed by atoms with Crippen LogP contribution in [0.15, 0.2) is 39.2 Å². The van der Waals surface area contributed by atoms with Crippen molar-refractivity contribution in [2.24, 2.45) is 0 Å². The quantitative estimate of drug-likeness (QED) is 0.600. The Morgan fingerprint density at radius 2 is 2.22 bits per heavy atom. The highest BCUT2D eigenvalue weighted by atomic mass is 79.9. The summed E-state index contributed by atoms with van der Waals surface area (Å²) in [4.78, 5) is 21.3. The van der Waals surface area contributed by atoms with Crippen molar-refractivity contribution in [3.05, 3.63) is 50.7 Å². The molecule has 1 aromatic carbocycles. The number of furan rings is 1. The third-order valence-electron chi connectivity index (χ3n) is 3.39. The average Bonchev–Trinajstić information content (AvgIpc) is 3.16. The number of aliphatic carboxylic acids is 1. The molecule has 0 saturated carbocycles. The van der Waals surface area contributed by atoms with E-state index in [1.807, 2.05) is 0 Å². The number of hydrogen-bond donors (Lipinski definition) is 2. The van der Waals surface area contributed by atoms with Gasteiger partial charge in [-0.05, 0) is 34.1 Å². The van der Waals surface area contributed by atoms with E-state index in [0.29, 0.717) is 27.3 Å². The first kappa shape index (κ1) is 16.0. The molecule has 0 aliphatic carbocycles. The van der Waals surface area contributed by atoms with E-state index in [0.717, 1.165) is 0 Å². The maximum absolute atomic E-state index is 11.0. The molecule has 120 valence electrons. The standard InChI is InChI=1S/C14H11BrN2O5S/c15-9-5-7(17(20)21)1-2-8(9)11-3-4-12(22-11)13-16-10(6-23-13)14(18)19/h1-5,10,13,16H,6H2,(H,18,19). The molecule has 2 aromatic rings. The van der Waals surface area contributed by atoms with Gasteiger partial charge in [0.15, 0.2) is 0 Å². The van der Waals surface area contributed by atoms with Crippen LogP contribution in [0.3, 0.4) is 0 Å². The van der Waals surface area contributed by atoms with Crippen molar-refractivity contribution in [2.75, 3.05) is 5.75 Å². The molecule has 1 aliphatic heterocycles. The number of non-ortho nitro benzene ring substituents is 1. The number of benzene rings is 1. The number of nitrogens with zero attached hydrogens (tertiary/aromatic N) is 1. The Labute approximate surface area is 143 Å². The smallest absolute Gasteiger partial charge is 0.321 e. The van der Waals surface area contributed by atoms with Crippen molar-refractivity contribution >= 4 is 39.3 Å². The van der Waals surface area contributed by atoms with Gasteiger partial charge < -0.3 is 9.52 Å². The second-order valence-corrected chi connectivity index (χ2v) is 6.89. The number of nitro groups is 1. The highest BCUT2D eigenvalue weighted by Crippen LogP contribution is 2.38. The van der Waals surface area contributed by atoms with Crippen LogP contribution in [0.2, 0.25) is 0 Å². The summed E-state index contributed by atoms with van der Waals surface area (Å²) >= 11 is 4.77. The lowest BCUT2D eigenvalue weighted by Gasteiger charge is -2.08. The van der Waals surface area contributed by atoms with Crippen LogP contribution in [0.4, 0.5) is 5.69 Å². The Morgan fingerprint density at radius 3 is 2.83 bits per heavy atom. The van der Waals surface area contributed by atoms with Gasteiger partial charge in [-0.15, -0.1) is 11.8 Å². The van der Waals surface area contributed by atoms with Crippen LogP contribution in [-0.2, 0) is 4.79 Å². The van der Waals surface area contributed by atoms with Gasteiger partial charge in [0.25, 0.3) is 5.69 Å². The molecule has 0 bridgehead atoms. The summed E-state index contributed by atoms with van der Waals surface area (Å²) in [6.07, 6.45) is 0. The number of carboxylic acids is 1. The minimum atomic E-state index is -0.884. The van der Waals surface area contributed by atoms with Gasteiger partial charge in [-0.3, -0.25) is 20.2 Å². The zero-order valence-corrected chi connectivity index (χ0v) is 14.0.